The van der Waals surface area contributed by atoms with Crippen molar-refractivity contribution in [1.29, 1.82) is 0 Å². The Bertz CT molecular complexity index is 2610. The molecule has 48 heavy (non-hydrogen) atoms. The molecule has 0 aliphatic heterocycles. The summed E-state index contributed by atoms with van der Waals surface area (Å²) in [5, 5.41) is 6.08. The molecule has 1 aliphatic rings. The molecule has 0 saturated carbocycles. The summed E-state index contributed by atoms with van der Waals surface area (Å²) in [6.45, 7) is 0. The van der Waals surface area contributed by atoms with Crippen molar-refractivity contribution in [3.8, 4) is 67.0 Å². The quantitative estimate of drug-likeness (QED) is 0.199. The van der Waals surface area contributed by atoms with Crippen LogP contribution in [0.4, 0.5) is 0 Å². The number of aromatic nitrogens is 3. The predicted molar refractivity (Wildman–Crippen MR) is 199 cm³/mol. The lowest BCUT2D eigenvalue weighted by Gasteiger charge is -2.20. The average Bonchev–Trinajstić information content (AvgIpc) is 3.49. The SMILES string of the molecule is c1ccc(-c2c3c(c(-c4ccccc4)c4ccccc24)-c2ccc(-c4ccc(-c5ccc6cnccc6n5)nc4)c4cccc-3c24)cc1. The lowest BCUT2D eigenvalue weighted by Crippen LogP contribution is -1.93. The minimum Gasteiger partial charge on any atom is -0.264 e. The van der Waals surface area contributed by atoms with Crippen molar-refractivity contribution in [2.45, 2.75) is 0 Å². The van der Waals surface area contributed by atoms with Gasteiger partial charge in [-0.1, -0.05) is 121 Å². The summed E-state index contributed by atoms with van der Waals surface area (Å²) < 4.78 is 0. The summed E-state index contributed by atoms with van der Waals surface area (Å²) in [4.78, 5) is 14.0. The van der Waals surface area contributed by atoms with Crippen molar-refractivity contribution in [1.82, 2.24) is 15.0 Å². The fourth-order valence-corrected chi connectivity index (χ4v) is 7.67. The van der Waals surface area contributed by atoms with Crippen LogP contribution < -0.4 is 0 Å². The monoisotopic (exact) mass is 609 g/mol. The smallest absolute Gasteiger partial charge is 0.0893 e. The summed E-state index contributed by atoms with van der Waals surface area (Å²) in [6, 6.07) is 52.3. The molecule has 0 amide bonds. The maximum atomic E-state index is 4.91. The summed E-state index contributed by atoms with van der Waals surface area (Å²) in [6.07, 6.45) is 5.60. The maximum Gasteiger partial charge on any atom is 0.0893 e. The Morgan fingerprint density at radius 1 is 0.375 bits per heavy atom. The first-order chi connectivity index (χ1) is 23.8. The van der Waals surface area contributed by atoms with Gasteiger partial charge in [0.2, 0.25) is 0 Å². The zero-order valence-corrected chi connectivity index (χ0v) is 25.9. The van der Waals surface area contributed by atoms with Gasteiger partial charge in [-0.25, -0.2) is 4.98 Å². The van der Waals surface area contributed by atoms with Crippen molar-refractivity contribution < 1.29 is 0 Å². The van der Waals surface area contributed by atoms with E-state index in [1.165, 1.54) is 71.6 Å². The number of hydrogen-bond donors (Lipinski definition) is 0. The van der Waals surface area contributed by atoms with Crippen LogP contribution in [0.1, 0.15) is 0 Å². The number of pyridine rings is 3. The molecule has 6 aromatic carbocycles. The molecule has 0 bridgehead atoms. The second-order valence-corrected chi connectivity index (χ2v) is 12.4. The Hall–Kier alpha value is -6.45. The molecule has 3 aromatic heterocycles. The topological polar surface area (TPSA) is 38.7 Å². The standard InChI is InChI=1S/C45H27N3/c1-3-10-28(11-4-1)41-34-14-7-8-15-35(34)42(29-12-5-2-6-13-29)45-37-21-20-32(33-16-9-17-36(43(33)37)44(41)45)30-18-22-39(47-27-30)40-23-19-31-26-46-25-24-38(31)48-40/h1-27H. The van der Waals surface area contributed by atoms with Gasteiger partial charge >= 0.3 is 0 Å². The van der Waals surface area contributed by atoms with Gasteiger partial charge in [0.05, 0.1) is 16.9 Å². The summed E-state index contributed by atoms with van der Waals surface area (Å²) in [7, 11) is 0. The van der Waals surface area contributed by atoms with E-state index in [0.29, 0.717) is 0 Å². The molecule has 0 atom stereocenters. The van der Waals surface area contributed by atoms with Gasteiger partial charge in [-0.2, -0.15) is 0 Å². The molecule has 0 unspecified atom stereocenters. The first-order valence-electron chi connectivity index (χ1n) is 16.3. The second kappa shape index (κ2) is 10.5. The number of rotatable bonds is 4. The first kappa shape index (κ1) is 26.7. The average molecular weight is 610 g/mol. The van der Waals surface area contributed by atoms with Gasteiger partial charge < -0.3 is 0 Å². The van der Waals surface area contributed by atoms with Crippen LogP contribution in [0.5, 0.6) is 0 Å². The molecule has 3 heterocycles. The van der Waals surface area contributed by atoms with Gasteiger partial charge in [-0.3, -0.25) is 9.97 Å². The van der Waals surface area contributed by atoms with Gasteiger partial charge in [0.25, 0.3) is 0 Å². The molecule has 0 saturated heterocycles. The van der Waals surface area contributed by atoms with E-state index in [1.54, 1.807) is 6.20 Å². The molecular formula is C45H27N3. The molecule has 222 valence electrons. The van der Waals surface area contributed by atoms with Crippen LogP contribution in [0, 0.1) is 0 Å². The largest absolute Gasteiger partial charge is 0.264 e. The van der Waals surface area contributed by atoms with Gasteiger partial charge in [0.15, 0.2) is 0 Å². The Morgan fingerprint density at radius 3 is 1.69 bits per heavy atom. The van der Waals surface area contributed by atoms with E-state index in [-0.39, 0.29) is 0 Å². The maximum absolute atomic E-state index is 4.91. The molecule has 3 heteroatoms. The molecule has 1 aliphatic carbocycles. The third-order valence-electron chi connectivity index (χ3n) is 9.75. The van der Waals surface area contributed by atoms with Crippen LogP contribution in [-0.2, 0) is 0 Å². The Morgan fingerprint density at radius 2 is 1.00 bits per heavy atom. The predicted octanol–water partition coefficient (Wildman–Crippen LogP) is 11.6. The lowest BCUT2D eigenvalue weighted by molar-refractivity contribution is 1.27. The molecule has 0 radical (unpaired) electrons. The third kappa shape index (κ3) is 3.98. The van der Waals surface area contributed by atoms with Gasteiger partial charge in [0.1, 0.15) is 0 Å². The fourth-order valence-electron chi connectivity index (χ4n) is 7.67. The highest BCUT2D eigenvalue weighted by molar-refractivity contribution is 6.28. The Kier molecular flexibility index (Phi) is 5.87. The van der Waals surface area contributed by atoms with E-state index in [2.05, 4.69) is 138 Å². The number of fused-ring (bicyclic) bond motifs is 5. The van der Waals surface area contributed by atoms with Crippen LogP contribution in [0.25, 0.3) is 99.5 Å². The Balaban J connectivity index is 1.21. The summed E-state index contributed by atoms with van der Waals surface area (Å²) in [5.74, 6) is 0. The zero-order valence-electron chi connectivity index (χ0n) is 25.9. The molecule has 10 rings (SSSR count). The van der Waals surface area contributed by atoms with Gasteiger partial charge in [-0.15, -0.1) is 0 Å². The van der Waals surface area contributed by atoms with E-state index in [4.69, 9.17) is 9.97 Å². The van der Waals surface area contributed by atoms with Crippen LogP contribution in [-0.4, -0.2) is 15.0 Å². The molecule has 0 fully saturated rings. The highest BCUT2D eigenvalue weighted by Crippen LogP contribution is 2.58. The van der Waals surface area contributed by atoms with E-state index in [0.717, 1.165) is 27.9 Å². The molecular weight excluding hydrogens is 583 g/mol. The van der Waals surface area contributed by atoms with Gasteiger partial charge in [0, 0.05) is 29.5 Å². The van der Waals surface area contributed by atoms with Crippen molar-refractivity contribution in [3.05, 3.63) is 164 Å². The second-order valence-electron chi connectivity index (χ2n) is 12.4. The van der Waals surface area contributed by atoms with E-state index >= 15 is 0 Å². The van der Waals surface area contributed by atoms with E-state index < -0.39 is 0 Å². The van der Waals surface area contributed by atoms with Crippen molar-refractivity contribution in [2.24, 2.45) is 0 Å². The summed E-state index contributed by atoms with van der Waals surface area (Å²) >= 11 is 0. The van der Waals surface area contributed by atoms with Crippen molar-refractivity contribution in [3.63, 3.8) is 0 Å². The van der Waals surface area contributed by atoms with Crippen LogP contribution >= 0.6 is 0 Å². The highest BCUT2D eigenvalue weighted by atomic mass is 14.8. The lowest BCUT2D eigenvalue weighted by atomic mass is 9.82. The normalized spacial score (nSPS) is 11.8. The third-order valence-corrected chi connectivity index (χ3v) is 9.75. The van der Waals surface area contributed by atoms with Crippen molar-refractivity contribution >= 4 is 32.4 Å². The molecule has 0 spiro atoms. The zero-order chi connectivity index (χ0) is 31.6. The van der Waals surface area contributed by atoms with Crippen LogP contribution in [0.3, 0.4) is 0 Å². The minimum atomic E-state index is 0.850. The van der Waals surface area contributed by atoms with Crippen LogP contribution in [0.15, 0.2) is 164 Å². The van der Waals surface area contributed by atoms with E-state index in [9.17, 15) is 0 Å². The molecule has 9 aromatic rings. The number of benzene rings is 6. The summed E-state index contributed by atoms with van der Waals surface area (Å²) in [5.41, 5.74) is 15.1. The van der Waals surface area contributed by atoms with Gasteiger partial charge in [-0.05, 0) is 95.9 Å². The number of hydrogen-bond acceptors (Lipinski definition) is 3. The first-order valence-corrected chi connectivity index (χ1v) is 16.3. The highest BCUT2D eigenvalue weighted by Gasteiger charge is 2.31. The Labute approximate surface area is 277 Å². The number of nitrogens with zero attached hydrogens (tertiary/aromatic N) is 3. The molecule has 3 nitrogen and oxygen atoms in total. The van der Waals surface area contributed by atoms with Crippen molar-refractivity contribution in [2.75, 3.05) is 0 Å². The van der Waals surface area contributed by atoms with E-state index in [1.807, 2.05) is 24.5 Å². The van der Waals surface area contributed by atoms with Crippen LogP contribution in [0.2, 0.25) is 0 Å². The molecule has 0 N–H and O–H groups in total. The minimum absolute atomic E-state index is 0.850. The fraction of sp³-hybridized carbons (Fsp3) is 0.